The number of hydrogen-bond acceptors (Lipinski definition) is 4. The van der Waals surface area contributed by atoms with Gasteiger partial charge in [0, 0.05) is 13.3 Å². The molecule has 0 aliphatic heterocycles. The number of hydrogen-bond donors (Lipinski definition) is 4. The van der Waals surface area contributed by atoms with Gasteiger partial charge in [0.2, 0.25) is 17.7 Å². The number of primary amides is 1. The summed E-state index contributed by atoms with van der Waals surface area (Å²) in [5, 5.41) is 13.8. The number of nitrogens with one attached hydrogen (secondary N) is 2. The summed E-state index contributed by atoms with van der Waals surface area (Å²) in [5.41, 5.74) is 6.11. The molecule has 0 saturated carbocycles. The van der Waals surface area contributed by atoms with Crippen LogP contribution in [0.3, 0.4) is 0 Å². The van der Waals surface area contributed by atoms with Gasteiger partial charge in [0.05, 0.1) is 6.61 Å². The van der Waals surface area contributed by atoms with Gasteiger partial charge in [-0.1, -0.05) is 30.3 Å². The lowest BCUT2D eigenvalue weighted by molar-refractivity contribution is -0.131. The van der Waals surface area contributed by atoms with Crippen LogP contribution in [0, 0.1) is 0 Å². The van der Waals surface area contributed by atoms with Gasteiger partial charge in [-0.2, -0.15) is 0 Å². The second kappa shape index (κ2) is 8.01. The quantitative estimate of drug-likeness (QED) is 0.499. The minimum atomic E-state index is -1.11. The van der Waals surface area contributed by atoms with Crippen molar-refractivity contribution in [1.82, 2.24) is 10.6 Å². The van der Waals surface area contributed by atoms with Crippen molar-refractivity contribution in [2.75, 3.05) is 6.61 Å². The number of benzene rings is 1. The van der Waals surface area contributed by atoms with E-state index in [1.165, 1.54) is 6.92 Å². The Morgan fingerprint density at radius 1 is 1.14 bits per heavy atom. The molecule has 1 aromatic rings. The summed E-state index contributed by atoms with van der Waals surface area (Å²) in [4.78, 5) is 34.3. The number of rotatable bonds is 7. The van der Waals surface area contributed by atoms with Gasteiger partial charge >= 0.3 is 0 Å². The summed E-state index contributed by atoms with van der Waals surface area (Å²) in [6.07, 6.45) is 0.236. The summed E-state index contributed by atoms with van der Waals surface area (Å²) < 4.78 is 0. The maximum Gasteiger partial charge on any atom is 0.245 e. The van der Waals surface area contributed by atoms with E-state index in [9.17, 15) is 14.4 Å². The average Bonchev–Trinajstić information content (AvgIpc) is 2.44. The zero-order valence-corrected chi connectivity index (χ0v) is 11.7. The molecule has 0 bridgehead atoms. The van der Waals surface area contributed by atoms with E-state index in [1.807, 2.05) is 18.2 Å². The van der Waals surface area contributed by atoms with E-state index < -0.39 is 36.4 Å². The molecule has 0 aliphatic rings. The van der Waals surface area contributed by atoms with E-state index in [0.717, 1.165) is 5.56 Å². The first-order chi connectivity index (χ1) is 9.93. The molecule has 21 heavy (non-hydrogen) atoms. The van der Waals surface area contributed by atoms with Gasteiger partial charge in [-0.15, -0.1) is 0 Å². The standard InChI is InChI=1S/C14H19N3O4/c1-9(19)16-12(8-18)14(21)17-11(13(15)20)7-10-5-3-2-4-6-10/h2-6,11-12,18H,7-8H2,1H3,(H2,15,20)(H,16,19)(H,17,21). The lowest BCUT2D eigenvalue weighted by Gasteiger charge is -2.20. The van der Waals surface area contributed by atoms with Crippen LogP contribution in [0.4, 0.5) is 0 Å². The highest BCUT2D eigenvalue weighted by atomic mass is 16.3. The Morgan fingerprint density at radius 2 is 1.76 bits per heavy atom. The van der Waals surface area contributed by atoms with Crippen LogP contribution in [0.5, 0.6) is 0 Å². The lowest BCUT2D eigenvalue weighted by Crippen LogP contribution is -2.54. The molecule has 3 amide bonds. The summed E-state index contributed by atoms with van der Waals surface area (Å²) in [7, 11) is 0. The van der Waals surface area contributed by atoms with E-state index >= 15 is 0 Å². The fourth-order valence-corrected chi connectivity index (χ4v) is 1.78. The largest absolute Gasteiger partial charge is 0.394 e. The fraction of sp³-hybridized carbons (Fsp3) is 0.357. The third-order valence-corrected chi connectivity index (χ3v) is 2.82. The lowest BCUT2D eigenvalue weighted by atomic mass is 10.1. The van der Waals surface area contributed by atoms with Crippen molar-refractivity contribution in [3.8, 4) is 0 Å². The van der Waals surface area contributed by atoms with Crippen LogP contribution in [0.15, 0.2) is 30.3 Å². The van der Waals surface area contributed by atoms with Crippen molar-refractivity contribution in [2.24, 2.45) is 5.73 Å². The SMILES string of the molecule is CC(=O)NC(CO)C(=O)NC(Cc1ccccc1)C(N)=O. The van der Waals surface area contributed by atoms with Crippen molar-refractivity contribution in [3.05, 3.63) is 35.9 Å². The molecule has 7 heteroatoms. The average molecular weight is 293 g/mol. The molecule has 0 fully saturated rings. The summed E-state index contributed by atoms with van der Waals surface area (Å²) in [6.45, 7) is 0.660. The van der Waals surface area contributed by atoms with Crippen LogP contribution in [0.1, 0.15) is 12.5 Å². The Kier molecular flexibility index (Phi) is 6.35. The summed E-state index contributed by atoms with van der Waals surface area (Å²) in [5.74, 6) is -1.80. The summed E-state index contributed by atoms with van der Waals surface area (Å²) in [6, 6.07) is 7.04. The maximum absolute atomic E-state index is 11.9. The van der Waals surface area contributed by atoms with Gasteiger partial charge in [-0.05, 0) is 5.56 Å². The molecule has 0 spiro atoms. The number of aliphatic hydroxyl groups is 1. The zero-order valence-electron chi connectivity index (χ0n) is 11.7. The highest BCUT2D eigenvalue weighted by molar-refractivity contribution is 5.91. The Labute approximate surface area is 122 Å². The first-order valence-corrected chi connectivity index (χ1v) is 6.45. The molecule has 7 nitrogen and oxygen atoms in total. The van der Waals surface area contributed by atoms with Crippen LogP contribution in [-0.4, -0.2) is 41.5 Å². The van der Waals surface area contributed by atoms with E-state index in [4.69, 9.17) is 10.8 Å². The Bertz CT molecular complexity index is 504. The smallest absolute Gasteiger partial charge is 0.245 e. The van der Waals surface area contributed by atoms with Gasteiger partial charge in [0.15, 0.2) is 0 Å². The molecule has 0 heterocycles. The molecular weight excluding hydrogens is 274 g/mol. The Morgan fingerprint density at radius 3 is 2.24 bits per heavy atom. The van der Waals surface area contributed by atoms with Crippen molar-refractivity contribution in [2.45, 2.75) is 25.4 Å². The monoisotopic (exact) mass is 293 g/mol. The van der Waals surface area contributed by atoms with Crippen molar-refractivity contribution < 1.29 is 19.5 Å². The van der Waals surface area contributed by atoms with Crippen LogP contribution >= 0.6 is 0 Å². The van der Waals surface area contributed by atoms with Gasteiger partial charge in [-0.3, -0.25) is 14.4 Å². The first-order valence-electron chi connectivity index (χ1n) is 6.45. The van der Waals surface area contributed by atoms with Crippen molar-refractivity contribution in [3.63, 3.8) is 0 Å². The van der Waals surface area contributed by atoms with Crippen LogP contribution < -0.4 is 16.4 Å². The fourth-order valence-electron chi connectivity index (χ4n) is 1.78. The third-order valence-electron chi connectivity index (χ3n) is 2.82. The zero-order chi connectivity index (χ0) is 15.8. The highest BCUT2D eigenvalue weighted by Gasteiger charge is 2.24. The van der Waals surface area contributed by atoms with Crippen molar-refractivity contribution in [1.29, 1.82) is 0 Å². The van der Waals surface area contributed by atoms with Crippen LogP contribution in [0.2, 0.25) is 0 Å². The topological polar surface area (TPSA) is 122 Å². The molecular formula is C14H19N3O4. The Balaban J connectivity index is 2.71. The second-order valence-electron chi connectivity index (χ2n) is 4.59. The molecule has 0 radical (unpaired) electrons. The van der Waals surface area contributed by atoms with E-state index in [-0.39, 0.29) is 6.42 Å². The minimum absolute atomic E-state index is 0.236. The molecule has 1 aromatic carbocycles. The maximum atomic E-state index is 11.9. The third kappa shape index (κ3) is 5.62. The molecule has 0 aliphatic carbocycles. The normalized spacial score (nSPS) is 13.0. The molecule has 5 N–H and O–H groups in total. The van der Waals surface area contributed by atoms with Crippen LogP contribution in [-0.2, 0) is 20.8 Å². The number of carbonyl (C=O) groups excluding carboxylic acids is 3. The molecule has 2 atom stereocenters. The van der Waals surface area contributed by atoms with E-state index in [1.54, 1.807) is 12.1 Å². The molecule has 0 aromatic heterocycles. The van der Waals surface area contributed by atoms with Crippen LogP contribution in [0.25, 0.3) is 0 Å². The van der Waals surface area contributed by atoms with Gasteiger partial charge in [0.1, 0.15) is 12.1 Å². The summed E-state index contributed by atoms with van der Waals surface area (Å²) >= 11 is 0. The molecule has 114 valence electrons. The number of nitrogens with two attached hydrogens (primary N) is 1. The molecule has 2 unspecified atom stereocenters. The molecule has 0 saturated heterocycles. The highest BCUT2D eigenvalue weighted by Crippen LogP contribution is 2.03. The number of aliphatic hydroxyl groups excluding tert-OH is 1. The van der Waals surface area contributed by atoms with Gasteiger partial charge in [0.25, 0.3) is 0 Å². The van der Waals surface area contributed by atoms with E-state index in [2.05, 4.69) is 10.6 Å². The van der Waals surface area contributed by atoms with Gasteiger partial charge < -0.3 is 21.5 Å². The predicted octanol–water partition coefficient (Wildman–Crippen LogP) is -1.30. The first kappa shape index (κ1) is 16.6. The van der Waals surface area contributed by atoms with Gasteiger partial charge in [-0.25, -0.2) is 0 Å². The molecule has 1 rings (SSSR count). The minimum Gasteiger partial charge on any atom is -0.394 e. The number of amides is 3. The second-order valence-corrected chi connectivity index (χ2v) is 4.59. The predicted molar refractivity (Wildman–Crippen MR) is 76.0 cm³/mol. The van der Waals surface area contributed by atoms with Crippen molar-refractivity contribution >= 4 is 17.7 Å². The van der Waals surface area contributed by atoms with E-state index in [0.29, 0.717) is 0 Å². The number of carbonyl (C=O) groups is 3. The Hall–Kier alpha value is -2.41.